The van der Waals surface area contributed by atoms with Crippen molar-refractivity contribution >= 4 is 17.8 Å². The van der Waals surface area contributed by atoms with E-state index >= 15 is 0 Å². The monoisotopic (exact) mass is 288 g/mol. The van der Waals surface area contributed by atoms with Gasteiger partial charge < -0.3 is 15.8 Å². The summed E-state index contributed by atoms with van der Waals surface area (Å²) in [6.45, 7) is 0.579. The minimum Gasteiger partial charge on any atom is -0.497 e. The summed E-state index contributed by atoms with van der Waals surface area (Å²) in [6.07, 6.45) is 4.61. The first kappa shape index (κ1) is 15.3. The summed E-state index contributed by atoms with van der Waals surface area (Å²) in [5, 5.41) is 2.71. The Kier molecular flexibility index (Phi) is 5.11. The molecule has 3 N–H and O–H groups in total. The molecule has 0 aromatic heterocycles. The van der Waals surface area contributed by atoms with Crippen LogP contribution in [0.25, 0.3) is 6.08 Å². The Morgan fingerprint density at radius 3 is 3.05 bits per heavy atom. The van der Waals surface area contributed by atoms with Crippen LogP contribution in [-0.4, -0.2) is 31.4 Å². The third-order valence-electron chi connectivity index (χ3n) is 3.63. The lowest BCUT2D eigenvalue weighted by molar-refractivity contribution is -0.127. The fourth-order valence-electron chi connectivity index (χ4n) is 2.38. The van der Waals surface area contributed by atoms with E-state index in [0.29, 0.717) is 13.0 Å². The first-order chi connectivity index (χ1) is 10.1. The minimum atomic E-state index is -0.769. The van der Waals surface area contributed by atoms with E-state index in [-0.39, 0.29) is 11.7 Å². The molecule has 2 rings (SSSR count). The van der Waals surface area contributed by atoms with Gasteiger partial charge >= 0.3 is 0 Å². The summed E-state index contributed by atoms with van der Waals surface area (Å²) in [5.74, 6) is -0.0764. The maximum absolute atomic E-state index is 12.3. The molecule has 1 heterocycles. The van der Waals surface area contributed by atoms with Crippen LogP contribution in [0.1, 0.15) is 18.4 Å². The largest absolute Gasteiger partial charge is 0.497 e. The number of nitrogens with two attached hydrogens (primary N) is 1. The third-order valence-corrected chi connectivity index (χ3v) is 3.63. The van der Waals surface area contributed by atoms with Crippen molar-refractivity contribution < 1.29 is 14.3 Å². The van der Waals surface area contributed by atoms with Crippen molar-refractivity contribution in [1.29, 1.82) is 0 Å². The van der Waals surface area contributed by atoms with Crippen molar-refractivity contribution in [2.45, 2.75) is 18.9 Å². The van der Waals surface area contributed by atoms with Crippen LogP contribution >= 0.6 is 0 Å². The number of carbonyl (C=O) groups is 2. The molecule has 0 aliphatic carbocycles. The molecule has 21 heavy (non-hydrogen) atoms. The van der Waals surface area contributed by atoms with Crippen LogP contribution in [0.5, 0.6) is 5.75 Å². The molecule has 1 aromatic carbocycles. The average molecular weight is 288 g/mol. The summed E-state index contributed by atoms with van der Waals surface area (Å²) in [5.41, 5.74) is 6.72. The summed E-state index contributed by atoms with van der Waals surface area (Å²) in [4.78, 5) is 23.9. The van der Waals surface area contributed by atoms with E-state index in [2.05, 4.69) is 5.32 Å². The normalized spacial score (nSPS) is 22.7. The highest BCUT2D eigenvalue weighted by atomic mass is 16.5. The van der Waals surface area contributed by atoms with Crippen molar-refractivity contribution in [2.75, 3.05) is 13.7 Å². The smallest absolute Gasteiger partial charge is 0.237 e. The van der Waals surface area contributed by atoms with E-state index in [0.717, 1.165) is 17.7 Å². The third kappa shape index (κ3) is 3.92. The SMILES string of the molecule is COc1cccc(C=CC(=O)C2CCCNC(=O)C2N)c1. The number of ketones is 1. The Balaban J connectivity index is 2.08. The summed E-state index contributed by atoms with van der Waals surface area (Å²) < 4.78 is 5.13. The van der Waals surface area contributed by atoms with Crippen molar-refractivity contribution in [2.24, 2.45) is 11.7 Å². The average Bonchev–Trinajstić information content (AvgIpc) is 2.67. The number of rotatable bonds is 4. The van der Waals surface area contributed by atoms with E-state index in [4.69, 9.17) is 10.5 Å². The van der Waals surface area contributed by atoms with Gasteiger partial charge in [0.25, 0.3) is 0 Å². The standard InChI is InChI=1S/C16H20N2O3/c1-21-12-5-2-4-11(10-12)7-8-14(19)13-6-3-9-18-16(20)15(13)17/h2,4-5,7-8,10,13,15H,3,6,9,17H2,1H3,(H,18,20). The van der Waals surface area contributed by atoms with Gasteiger partial charge in [0.1, 0.15) is 5.75 Å². The Hall–Kier alpha value is -2.14. The fraction of sp³-hybridized carbons (Fsp3) is 0.375. The number of hydrogen-bond acceptors (Lipinski definition) is 4. The zero-order valence-electron chi connectivity index (χ0n) is 12.0. The van der Waals surface area contributed by atoms with Gasteiger partial charge in [-0.1, -0.05) is 18.2 Å². The van der Waals surface area contributed by atoms with Crippen molar-refractivity contribution in [3.8, 4) is 5.75 Å². The molecular weight excluding hydrogens is 268 g/mol. The molecule has 0 bridgehead atoms. The molecule has 112 valence electrons. The van der Waals surface area contributed by atoms with Crippen molar-refractivity contribution in [3.05, 3.63) is 35.9 Å². The molecular formula is C16H20N2O3. The number of ether oxygens (including phenoxy) is 1. The van der Waals surface area contributed by atoms with E-state index in [1.807, 2.05) is 24.3 Å². The van der Waals surface area contributed by atoms with Crippen LogP contribution in [0.4, 0.5) is 0 Å². The van der Waals surface area contributed by atoms with E-state index < -0.39 is 12.0 Å². The number of allylic oxidation sites excluding steroid dienone is 1. The van der Waals surface area contributed by atoms with Gasteiger partial charge in [-0.05, 0) is 36.6 Å². The maximum atomic E-state index is 12.3. The van der Waals surface area contributed by atoms with Gasteiger partial charge in [0.15, 0.2) is 5.78 Å². The summed E-state index contributed by atoms with van der Waals surface area (Å²) in [6, 6.07) is 6.64. The van der Waals surface area contributed by atoms with Gasteiger partial charge in [-0.25, -0.2) is 0 Å². The first-order valence-corrected chi connectivity index (χ1v) is 7.01. The second kappa shape index (κ2) is 7.04. The second-order valence-electron chi connectivity index (χ2n) is 5.08. The number of benzene rings is 1. The lowest BCUT2D eigenvalue weighted by atomic mass is 9.91. The predicted molar refractivity (Wildman–Crippen MR) is 80.7 cm³/mol. The highest BCUT2D eigenvalue weighted by Gasteiger charge is 2.30. The Labute approximate surface area is 124 Å². The van der Waals surface area contributed by atoms with Gasteiger partial charge in [0.2, 0.25) is 5.91 Å². The summed E-state index contributed by atoms with van der Waals surface area (Å²) >= 11 is 0. The highest BCUT2D eigenvalue weighted by molar-refractivity contribution is 5.99. The molecule has 2 atom stereocenters. The molecule has 1 amide bonds. The summed E-state index contributed by atoms with van der Waals surface area (Å²) in [7, 11) is 1.59. The van der Waals surface area contributed by atoms with Crippen LogP contribution in [0.15, 0.2) is 30.3 Å². The van der Waals surface area contributed by atoms with Crippen LogP contribution in [0.2, 0.25) is 0 Å². The van der Waals surface area contributed by atoms with Gasteiger partial charge in [-0.3, -0.25) is 9.59 Å². The van der Waals surface area contributed by atoms with E-state index in [1.54, 1.807) is 13.2 Å². The zero-order valence-corrected chi connectivity index (χ0v) is 12.0. The molecule has 0 spiro atoms. The molecule has 1 aromatic rings. The number of nitrogens with one attached hydrogen (secondary N) is 1. The fourth-order valence-corrected chi connectivity index (χ4v) is 2.38. The molecule has 0 radical (unpaired) electrons. The molecule has 1 fully saturated rings. The first-order valence-electron chi connectivity index (χ1n) is 7.01. The zero-order chi connectivity index (χ0) is 15.2. The topological polar surface area (TPSA) is 81.4 Å². The van der Waals surface area contributed by atoms with Crippen LogP contribution < -0.4 is 15.8 Å². The van der Waals surface area contributed by atoms with Gasteiger partial charge in [-0.2, -0.15) is 0 Å². The number of hydrogen-bond donors (Lipinski definition) is 2. The quantitative estimate of drug-likeness (QED) is 0.814. The van der Waals surface area contributed by atoms with Crippen LogP contribution in [-0.2, 0) is 9.59 Å². The maximum Gasteiger partial charge on any atom is 0.237 e. The number of carbonyl (C=O) groups excluding carboxylic acids is 2. The highest BCUT2D eigenvalue weighted by Crippen LogP contribution is 2.17. The molecule has 5 nitrogen and oxygen atoms in total. The molecule has 1 saturated heterocycles. The second-order valence-corrected chi connectivity index (χ2v) is 5.08. The van der Waals surface area contributed by atoms with Crippen LogP contribution in [0.3, 0.4) is 0 Å². The molecule has 0 saturated carbocycles. The Morgan fingerprint density at radius 1 is 1.48 bits per heavy atom. The molecule has 1 aliphatic heterocycles. The van der Waals surface area contributed by atoms with Crippen molar-refractivity contribution in [3.63, 3.8) is 0 Å². The molecule has 1 aliphatic rings. The van der Waals surface area contributed by atoms with Gasteiger partial charge in [0, 0.05) is 12.5 Å². The number of methoxy groups -OCH3 is 1. The Morgan fingerprint density at radius 2 is 2.29 bits per heavy atom. The van der Waals surface area contributed by atoms with Gasteiger partial charge in [-0.15, -0.1) is 0 Å². The number of amides is 1. The molecule has 2 unspecified atom stereocenters. The lowest BCUT2D eigenvalue weighted by Crippen LogP contribution is -2.45. The Bertz CT molecular complexity index is 554. The molecule has 5 heteroatoms. The minimum absolute atomic E-state index is 0.109. The van der Waals surface area contributed by atoms with Crippen molar-refractivity contribution in [1.82, 2.24) is 5.32 Å². The van der Waals surface area contributed by atoms with Crippen LogP contribution in [0, 0.1) is 5.92 Å². The lowest BCUT2D eigenvalue weighted by Gasteiger charge is -2.16. The van der Waals surface area contributed by atoms with Gasteiger partial charge in [0.05, 0.1) is 13.2 Å². The van der Waals surface area contributed by atoms with E-state index in [1.165, 1.54) is 6.08 Å². The van der Waals surface area contributed by atoms with E-state index in [9.17, 15) is 9.59 Å². The predicted octanol–water partition coefficient (Wildman–Crippen LogP) is 1.13.